The van der Waals surface area contributed by atoms with Gasteiger partial charge in [0.25, 0.3) is 5.91 Å². The second kappa shape index (κ2) is 9.84. The first-order valence-corrected chi connectivity index (χ1v) is 11.9. The SMILES string of the molecule is CN(C)CCCNC(=O)c1ccc2c(c1)CC(C1=Nc3cc(-c4ccnc(N)n4)ccc3C1)CO2. The van der Waals surface area contributed by atoms with E-state index >= 15 is 0 Å². The largest absolute Gasteiger partial charge is 0.493 e. The minimum absolute atomic E-state index is 0.0443. The average molecular weight is 471 g/mol. The summed E-state index contributed by atoms with van der Waals surface area (Å²) in [5, 5.41) is 3.01. The summed E-state index contributed by atoms with van der Waals surface area (Å²) in [7, 11) is 4.06. The van der Waals surface area contributed by atoms with E-state index in [4.69, 9.17) is 15.5 Å². The summed E-state index contributed by atoms with van der Waals surface area (Å²) in [6.45, 7) is 2.19. The summed E-state index contributed by atoms with van der Waals surface area (Å²) in [5.74, 6) is 1.24. The van der Waals surface area contributed by atoms with Crippen LogP contribution < -0.4 is 15.8 Å². The first-order valence-electron chi connectivity index (χ1n) is 11.9. The van der Waals surface area contributed by atoms with Gasteiger partial charge >= 0.3 is 0 Å². The van der Waals surface area contributed by atoms with E-state index in [1.165, 1.54) is 5.56 Å². The summed E-state index contributed by atoms with van der Waals surface area (Å²) in [6, 6.07) is 13.8. The van der Waals surface area contributed by atoms with Crippen molar-refractivity contribution in [2.75, 3.05) is 39.5 Å². The van der Waals surface area contributed by atoms with Gasteiger partial charge < -0.3 is 20.7 Å². The standard InChI is InChI=1S/C27H30N6O2/c1-33(2)11-3-9-29-26(34)19-6-7-25-20(12-19)13-21(16-35-25)24-15-18-5-4-17(14-23(18)31-24)22-8-10-30-27(28)32-22/h4-8,10,12,14,21H,3,9,11,13,15-16H2,1-2H3,(H,29,34)(H2,28,30,32). The molecule has 3 N–H and O–H groups in total. The van der Waals surface area contributed by atoms with Crippen LogP contribution in [0.2, 0.25) is 0 Å². The van der Waals surface area contributed by atoms with E-state index in [9.17, 15) is 4.79 Å². The van der Waals surface area contributed by atoms with E-state index in [1.807, 2.05) is 38.4 Å². The highest BCUT2D eigenvalue weighted by atomic mass is 16.5. The van der Waals surface area contributed by atoms with Gasteiger partial charge in [-0.3, -0.25) is 9.79 Å². The van der Waals surface area contributed by atoms with Crippen molar-refractivity contribution in [1.82, 2.24) is 20.2 Å². The van der Waals surface area contributed by atoms with Crippen molar-refractivity contribution in [1.29, 1.82) is 0 Å². The Bertz CT molecular complexity index is 1290. The number of benzene rings is 2. The monoisotopic (exact) mass is 470 g/mol. The van der Waals surface area contributed by atoms with Crippen molar-refractivity contribution < 1.29 is 9.53 Å². The number of rotatable bonds is 7. The number of nitrogens with two attached hydrogens (primary N) is 1. The molecule has 5 rings (SSSR count). The van der Waals surface area contributed by atoms with Gasteiger partial charge in [-0.25, -0.2) is 9.97 Å². The second-order valence-corrected chi connectivity index (χ2v) is 9.37. The molecule has 2 aliphatic rings. The molecule has 0 saturated heterocycles. The average Bonchev–Trinajstić information content (AvgIpc) is 3.29. The number of ether oxygens (including phenoxy) is 1. The minimum atomic E-state index is -0.0443. The topological polar surface area (TPSA) is 106 Å². The molecule has 1 atom stereocenters. The molecule has 0 bridgehead atoms. The van der Waals surface area contributed by atoms with Gasteiger partial charge in [-0.1, -0.05) is 12.1 Å². The van der Waals surface area contributed by atoms with Gasteiger partial charge in [0, 0.05) is 41.9 Å². The fraction of sp³-hybridized carbons (Fsp3) is 0.333. The number of carbonyl (C=O) groups excluding carboxylic acids is 1. The number of hydrogen-bond donors (Lipinski definition) is 2. The van der Waals surface area contributed by atoms with Crippen molar-refractivity contribution in [2.45, 2.75) is 19.3 Å². The lowest BCUT2D eigenvalue weighted by Gasteiger charge is -2.26. The highest BCUT2D eigenvalue weighted by Crippen LogP contribution is 2.36. The van der Waals surface area contributed by atoms with Crippen LogP contribution in [0.1, 0.15) is 27.9 Å². The van der Waals surface area contributed by atoms with E-state index in [-0.39, 0.29) is 17.8 Å². The Morgan fingerprint density at radius 2 is 2.06 bits per heavy atom. The Labute approximate surface area is 205 Å². The molecule has 8 heteroatoms. The molecule has 0 radical (unpaired) electrons. The molecular weight excluding hydrogens is 440 g/mol. The van der Waals surface area contributed by atoms with E-state index in [0.717, 1.165) is 59.8 Å². The van der Waals surface area contributed by atoms with E-state index < -0.39 is 0 Å². The molecule has 3 heterocycles. The maximum Gasteiger partial charge on any atom is 0.251 e. The Kier molecular flexibility index (Phi) is 6.46. The number of hydrogen-bond acceptors (Lipinski definition) is 7. The molecule has 180 valence electrons. The first kappa shape index (κ1) is 23.0. The predicted molar refractivity (Wildman–Crippen MR) is 137 cm³/mol. The van der Waals surface area contributed by atoms with Crippen LogP contribution in [-0.2, 0) is 12.8 Å². The van der Waals surface area contributed by atoms with Crippen molar-refractivity contribution >= 4 is 23.3 Å². The summed E-state index contributed by atoms with van der Waals surface area (Å²) < 4.78 is 6.06. The molecule has 1 unspecified atom stereocenters. The maximum absolute atomic E-state index is 12.6. The first-order chi connectivity index (χ1) is 17.0. The van der Waals surface area contributed by atoms with Crippen LogP contribution in [0, 0.1) is 5.92 Å². The summed E-state index contributed by atoms with van der Waals surface area (Å²) in [4.78, 5) is 28.0. The second-order valence-electron chi connectivity index (χ2n) is 9.37. The Hall–Kier alpha value is -3.78. The molecule has 0 aliphatic carbocycles. The molecule has 35 heavy (non-hydrogen) atoms. The smallest absolute Gasteiger partial charge is 0.251 e. The number of carbonyl (C=O) groups is 1. The van der Waals surface area contributed by atoms with Gasteiger partial charge in [0.15, 0.2) is 0 Å². The maximum atomic E-state index is 12.6. The van der Waals surface area contributed by atoms with E-state index in [0.29, 0.717) is 18.7 Å². The molecule has 1 aromatic heterocycles. The molecule has 8 nitrogen and oxygen atoms in total. The third kappa shape index (κ3) is 5.17. The molecule has 0 spiro atoms. The molecule has 0 saturated carbocycles. The lowest BCUT2D eigenvalue weighted by Crippen LogP contribution is -2.29. The van der Waals surface area contributed by atoms with E-state index in [2.05, 4.69) is 38.4 Å². The molecule has 0 fully saturated rings. The number of nitrogens with zero attached hydrogens (tertiary/aromatic N) is 4. The third-order valence-electron chi connectivity index (χ3n) is 6.46. The van der Waals surface area contributed by atoms with Gasteiger partial charge in [-0.05, 0) is 74.9 Å². The van der Waals surface area contributed by atoms with Crippen LogP contribution in [-0.4, -0.2) is 60.3 Å². The number of aromatic nitrogens is 2. The lowest BCUT2D eigenvalue weighted by atomic mass is 9.89. The highest BCUT2D eigenvalue weighted by Gasteiger charge is 2.28. The highest BCUT2D eigenvalue weighted by molar-refractivity contribution is 5.97. The number of anilines is 1. The van der Waals surface area contributed by atoms with Gasteiger partial charge in [0.05, 0.1) is 18.0 Å². The third-order valence-corrected chi connectivity index (χ3v) is 6.46. The quantitative estimate of drug-likeness (QED) is 0.514. The van der Waals surface area contributed by atoms with Crippen molar-refractivity contribution in [3.8, 4) is 17.0 Å². The Balaban J connectivity index is 1.28. The van der Waals surface area contributed by atoms with Gasteiger partial charge in [0.1, 0.15) is 5.75 Å². The molecule has 2 aromatic carbocycles. The van der Waals surface area contributed by atoms with Gasteiger partial charge in [-0.15, -0.1) is 0 Å². The fourth-order valence-electron chi connectivity index (χ4n) is 4.59. The molecular formula is C27H30N6O2. The Morgan fingerprint density at radius 3 is 2.89 bits per heavy atom. The number of aliphatic imine (C=N–C) groups is 1. The van der Waals surface area contributed by atoms with Gasteiger partial charge in [0.2, 0.25) is 5.95 Å². The van der Waals surface area contributed by atoms with Crippen molar-refractivity contribution in [3.05, 3.63) is 65.4 Å². The number of nitrogens with one attached hydrogen (secondary N) is 1. The lowest BCUT2D eigenvalue weighted by molar-refractivity contribution is 0.0952. The minimum Gasteiger partial charge on any atom is -0.493 e. The number of amides is 1. The molecule has 2 aliphatic heterocycles. The number of fused-ring (bicyclic) bond motifs is 2. The van der Waals surface area contributed by atoms with Gasteiger partial charge in [-0.2, -0.15) is 0 Å². The zero-order valence-electron chi connectivity index (χ0n) is 20.1. The van der Waals surface area contributed by atoms with Crippen LogP contribution in [0.25, 0.3) is 11.3 Å². The zero-order valence-corrected chi connectivity index (χ0v) is 20.1. The van der Waals surface area contributed by atoms with Crippen molar-refractivity contribution in [3.63, 3.8) is 0 Å². The van der Waals surface area contributed by atoms with Crippen LogP contribution >= 0.6 is 0 Å². The Morgan fingerprint density at radius 1 is 1.17 bits per heavy atom. The summed E-state index contributed by atoms with van der Waals surface area (Å²) in [5.41, 5.74) is 12.5. The zero-order chi connectivity index (χ0) is 24.4. The molecule has 1 amide bonds. The van der Waals surface area contributed by atoms with E-state index in [1.54, 1.807) is 6.20 Å². The summed E-state index contributed by atoms with van der Waals surface area (Å²) in [6.07, 6.45) is 4.19. The predicted octanol–water partition coefficient (Wildman–Crippen LogP) is 3.29. The number of nitrogen functional groups attached to an aromatic ring is 1. The molecule has 3 aromatic rings. The van der Waals surface area contributed by atoms with Crippen LogP contribution in [0.3, 0.4) is 0 Å². The van der Waals surface area contributed by atoms with Crippen LogP contribution in [0.4, 0.5) is 11.6 Å². The van der Waals surface area contributed by atoms with Crippen LogP contribution in [0.5, 0.6) is 5.75 Å². The van der Waals surface area contributed by atoms with Crippen molar-refractivity contribution in [2.24, 2.45) is 10.9 Å². The summed E-state index contributed by atoms with van der Waals surface area (Å²) >= 11 is 0. The van der Waals surface area contributed by atoms with Crippen LogP contribution in [0.15, 0.2) is 53.7 Å². The normalized spacial score (nSPS) is 16.3. The fourth-order valence-corrected chi connectivity index (χ4v) is 4.59.